The fourth-order valence-corrected chi connectivity index (χ4v) is 1.31. The van der Waals surface area contributed by atoms with E-state index in [1.54, 1.807) is 25.1 Å². The van der Waals surface area contributed by atoms with E-state index >= 15 is 0 Å². The second kappa shape index (κ2) is 5.06. The van der Waals surface area contributed by atoms with E-state index < -0.39 is 10.9 Å². The first-order valence-electron chi connectivity index (χ1n) is 4.64. The number of aliphatic carboxylic acids is 1. The lowest BCUT2D eigenvalue weighted by Crippen LogP contribution is -1.93. The Morgan fingerprint density at radius 2 is 2.25 bits per heavy atom. The van der Waals surface area contributed by atoms with Crippen molar-refractivity contribution in [2.75, 3.05) is 0 Å². The number of rotatable bonds is 4. The zero-order chi connectivity index (χ0) is 12.1. The molecule has 0 bridgehead atoms. The van der Waals surface area contributed by atoms with Crippen LogP contribution in [0.4, 0.5) is 5.69 Å². The number of benzene rings is 1. The molecule has 0 spiro atoms. The number of hydrogen-bond donors (Lipinski definition) is 1. The second-order valence-electron chi connectivity index (χ2n) is 3.25. The predicted octanol–water partition coefficient (Wildman–Crippen LogP) is 2.39. The minimum absolute atomic E-state index is 0.0393. The van der Waals surface area contributed by atoms with Gasteiger partial charge < -0.3 is 5.11 Å². The van der Waals surface area contributed by atoms with Crippen LogP contribution in [0.25, 0.3) is 6.08 Å². The topological polar surface area (TPSA) is 80.4 Å². The van der Waals surface area contributed by atoms with Gasteiger partial charge in [-0.25, -0.2) is 0 Å². The molecule has 16 heavy (non-hydrogen) atoms. The van der Waals surface area contributed by atoms with E-state index in [1.807, 2.05) is 0 Å². The zero-order valence-corrected chi connectivity index (χ0v) is 8.71. The van der Waals surface area contributed by atoms with Gasteiger partial charge in [0.05, 0.1) is 11.3 Å². The number of carboxylic acid groups (broad SMARTS) is 1. The largest absolute Gasteiger partial charge is 0.481 e. The van der Waals surface area contributed by atoms with Gasteiger partial charge in [0, 0.05) is 11.6 Å². The normalized spacial score (nSPS) is 10.6. The number of nitrogens with zero attached hydrogens (tertiary/aromatic N) is 1. The molecule has 0 fully saturated rings. The summed E-state index contributed by atoms with van der Waals surface area (Å²) < 4.78 is 0. The Kier molecular flexibility index (Phi) is 3.77. The molecule has 5 heteroatoms. The van der Waals surface area contributed by atoms with Gasteiger partial charge in [0.25, 0.3) is 5.69 Å². The van der Waals surface area contributed by atoms with Crippen LogP contribution in [0.15, 0.2) is 24.3 Å². The van der Waals surface area contributed by atoms with Gasteiger partial charge in [-0.2, -0.15) is 0 Å². The van der Waals surface area contributed by atoms with E-state index in [0.29, 0.717) is 11.1 Å². The average molecular weight is 221 g/mol. The summed E-state index contributed by atoms with van der Waals surface area (Å²) in [5.41, 5.74) is 1.24. The lowest BCUT2D eigenvalue weighted by atomic mass is 10.1. The molecule has 0 aliphatic heterocycles. The first-order valence-corrected chi connectivity index (χ1v) is 4.64. The molecule has 1 aromatic carbocycles. The van der Waals surface area contributed by atoms with E-state index in [0.717, 1.165) is 0 Å². The van der Waals surface area contributed by atoms with Crippen molar-refractivity contribution in [3.63, 3.8) is 0 Å². The molecule has 0 aliphatic carbocycles. The Morgan fingerprint density at radius 1 is 1.56 bits per heavy atom. The minimum atomic E-state index is -0.931. The third-order valence-electron chi connectivity index (χ3n) is 2.13. The molecule has 0 saturated carbocycles. The van der Waals surface area contributed by atoms with Crippen LogP contribution in [0, 0.1) is 17.0 Å². The van der Waals surface area contributed by atoms with E-state index in [4.69, 9.17) is 5.11 Å². The Bertz CT molecular complexity index is 451. The van der Waals surface area contributed by atoms with Crippen LogP contribution < -0.4 is 0 Å². The highest BCUT2D eigenvalue weighted by Crippen LogP contribution is 2.21. The molecular formula is C11H11NO4. The average Bonchev–Trinajstić information content (AvgIpc) is 2.19. The highest BCUT2D eigenvalue weighted by atomic mass is 16.6. The SMILES string of the molecule is Cc1c(C=CCC(=O)O)cccc1[N+](=O)[O-]. The first kappa shape index (κ1) is 11.9. The fraction of sp³-hybridized carbons (Fsp3) is 0.182. The molecule has 0 aromatic heterocycles. The van der Waals surface area contributed by atoms with Crippen molar-refractivity contribution in [2.45, 2.75) is 13.3 Å². The number of nitro groups is 1. The van der Waals surface area contributed by atoms with E-state index in [9.17, 15) is 14.9 Å². The lowest BCUT2D eigenvalue weighted by Gasteiger charge is -2.00. The second-order valence-corrected chi connectivity index (χ2v) is 3.25. The zero-order valence-electron chi connectivity index (χ0n) is 8.71. The minimum Gasteiger partial charge on any atom is -0.481 e. The van der Waals surface area contributed by atoms with Crippen LogP contribution in [0.3, 0.4) is 0 Å². The molecule has 0 atom stereocenters. The maximum absolute atomic E-state index is 10.6. The summed E-state index contributed by atoms with van der Waals surface area (Å²) in [4.78, 5) is 20.5. The summed E-state index contributed by atoms with van der Waals surface area (Å²) >= 11 is 0. The van der Waals surface area contributed by atoms with Gasteiger partial charge in [0.1, 0.15) is 0 Å². The van der Waals surface area contributed by atoms with Gasteiger partial charge in [-0.3, -0.25) is 14.9 Å². The van der Waals surface area contributed by atoms with Crippen LogP contribution in [0.5, 0.6) is 0 Å². The Hall–Kier alpha value is -2.17. The Morgan fingerprint density at radius 3 is 2.81 bits per heavy atom. The van der Waals surface area contributed by atoms with Gasteiger partial charge >= 0.3 is 5.97 Å². The quantitative estimate of drug-likeness (QED) is 0.625. The van der Waals surface area contributed by atoms with Crippen molar-refractivity contribution in [1.29, 1.82) is 0 Å². The van der Waals surface area contributed by atoms with E-state index in [2.05, 4.69) is 0 Å². The third kappa shape index (κ3) is 2.91. The molecule has 5 nitrogen and oxygen atoms in total. The van der Waals surface area contributed by atoms with Crippen molar-refractivity contribution in [1.82, 2.24) is 0 Å². The smallest absolute Gasteiger partial charge is 0.307 e. The summed E-state index contributed by atoms with van der Waals surface area (Å²) in [6, 6.07) is 4.70. The van der Waals surface area contributed by atoms with Crippen molar-refractivity contribution >= 4 is 17.7 Å². The van der Waals surface area contributed by atoms with Crippen molar-refractivity contribution in [2.24, 2.45) is 0 Å². The molecule has 0 unspecified atom stereocenters. The molecule has 84 valence electrons. The standard InChI is InChI=1S/C11H11NO4/c1-8-9(5-3-7-11(13)14)4-2-6-10(8)12(15)16/h2-6H,7H2,1H3,(H,13,14). The molecule has 0 heterocycles. The molecule has 0 amide bonds. The summed E-state index contributed by atoms with van der Waals surface area (Å²) in [6.45, 7) is 1.64. The molecule has 0 radical (unpaired) electrons. The third-order valence-corrected chi connectivity index (χ3v) is 2.13. The Labute approximate surface area is 92.2 Å². The van der Waals surface area contributed by atoms with Gasteiger partial charge in [-0.05, 0) is 12.5 Å². The molecule has 0 aliphatic rings. The summed E-state index contributed by atoms with van der Waals surface area (Å²) in [5.74, 6) is -0.931. The van der Waals surface area contributed by atoms with Crippen LogP contribution in [0.2, 0.25) is 0 Å². The molecular weight excluding hydrogens is 210 g/mol. The molecule has 1 N–H and O–H groups in total. The molecule has 0 saturated heterocycles. The van der Waals surface area contributed by atoms with Gasteiger partial charge in [0.2, 0.25) is 0 Å². The van der Waals surface area contributed by atoms with Crippen molar-refractivity contribution in [3.8, 4) is 0 Å². The highest BCUT2D eigenvalue weighted by Gasteiger charge is 2.11. The summed E-state index contributed by atoms with van der Waals surface area (Å²) in [7, 11) is 0. The number of hydrogen-bond acceptors (Lipinski definition) is 3. The Balaban J connectivity index is 2.97. The van der Waals surface area contributed by atoms with Gasteiger partial charge in [0.15, 0.2) is 0 Å². The first-order chi connectivity index (χ1) is 7.52. The molecule has 1 aromatic rings. The van der Waals surface area contributed by atoms with E-state index in [-0.39, 0.29) is 12.1 Å². The van der Waals surface area contributed by atoms with Crippen LogP contribution >= 0.6 is 0 Å². The monoisotopic (exact) mass is 221 g/mol. The summed E-state index contributed by atoms with van der Waals surface area (Å²) in [6.07, 6.45) is 2.95. The molecule has 1 rings (SSSR count). The lowest BCUT2D eigenvalue weighted by molar-refractivity contribution is -0.385. The van der Waals surface area contributed by atoms with E-state index in [1.165, 1.54) is 12.1 Å². The number of carboxylic acids is 1. The van der Waals surface area contributed by atoms with Gasteiger partial charge in [-0.15, -0.1) is 0 Å². The number of nitro benzene ring substituents is 1. The maximum Gasteiger partial charge on any atom is 0.307 e. The van der Waals surface area contributed by atoms with Crippen LogP contribution in [0.1, 0.15) is 17.5 Å². The van der Waals surface area contributed by atoms with Gasteiger partial charge in [-0.1, -0.05) is 24.3 Å². The fourth-order valence-electron chi connectivity index (χ4n) is 1.31. The van der Waals surface area contributed by atoms with Crippen molar-refractivity contribution < 1.29 is 14.8 Å². The highest BCUT2D eigenvalue weighted by molar-refractivity contribution is 5.71. The number of carbonyl (C=O) groups is 1. The predicted molar refractivity (Wildman–Crippen MR) is 59.1 cm³/mol. The van der Waals surface area contributed by atoms with Crippen molar-refractivity contribution in [3.05, 3.63) is 45.5 Å². The van der Waals surface area contributed by atoms with Crippen LogP contribution in [-0.4, -0.2) is 16.0 Å². The maximum atomic E-state index is 10.6. The summed E-state index contributed by atoms with van der Waals surface area (Å²) in [5, 5.41) is 19.1. The van der Waals surface area contributed by atoms with Crippen LogP contribution in [-0.2, 0) is 4.79 Å².